The quantitative estimate of drug-likeness (QED) is 0.201. The molecule has 0 spiro atoms. The maximum atomic E-state index is 11.8. The lowest BCUT2D eigenvalue weighted by atomic mass is 9.79. The van der Waals surface area contributed by atoms with Gasteiger partial charge >= 0.3 is 0 Å². The molecule has 0 amide bonds. The van der Waals surface area contributed by atoms with E-state index in [0.29, 0.717) is 5.75 Å². The Morgan fingerprint density at radius 1 is 0.580 bits per heavy atom. The number of aryl methyl sites for hydroxylation is 2. The van der Waals surface area contributed by atoms with Crippen LogP contribution in [0, 0.1) is 6.92 Å². The topological polar surface area (TPSA) is 50.9 Å². The lowest BCUT2D eigenvalue weighted by Crippen LogP contribution is -2.17. The SMILES string of the molecule is Cc1cnc(-c2cc(-c3ccccc3)cc(-c3cccc4c3nc(-c3cc(C(C)(C)C)cc(C(C)(C)C)c3O)n4C)c2)cc1-c1ccccc1. The van der Waals surface area contributed by atoms with Gasteiger partial charge in [-0.1, -0.05) is 120 Å². The Morgan fingerprint density at radius 2 is 1.22 bits per heavy atom. The lowest BCUT2D eigenvalue weighted by molar-refractivity contribution is 0.446. The van der Waals surface area contributed by atoms with Gasteiger partial charge in [0.15, 0.2) is 0 Å². The van der Waals surface area contributed by atoms with E-state index in [4.69, 9.17) is 9.97 Å². The van der Waals surface area contributed by atoms with E-state index in [2.05, 4.69) is 156 Å². The van der Waals surface area contributed by atoms with Crippen LogP contribution in [0.1, 0.15) is 58.2 Å². The molecule has 7 aromatic rings. The molecule has 0 saturated heterocycles. The molecular weight excluding hydrogens is 611 g/mol. The Balaban J connectivity index is 1.45. The predicted molar refractivity (Wildman–Crippen MR) is 209 cm³/mol. The highest BCUT2D eigenvalue weighted by molar-refractivity contribution is 5.96. The van der Waals surface area contributed by atoms with Crippen molar-refractivity contribution in [3.8, 4) is 61.8 Å². The number of aromatic nitrogens is 3. The zero-order chi connectivity index (χ0) is 35.4. The molecule has 0 unspecified atom stereocenters. The average Bonchev–Trinajstić information content (AvgIpc) is 3.44. The van der Waals surface area contributed by atoms with E-state index in [-0.39, 0.29) is 10.8 Å². The van der Waals surface area contributed by atoms with E-state index in [9.17, 15) is 5.11 Å². The van der Waals surface area contributed by atoms with Gasteiger partial charge in [0.1, 0.15) is 11.6 Å². The largest absolute Gasteiger partial charge is 0.507 e. The zero-order valence-corrected chi connectivity index (χ0v) is 30.3. The van der Waals surface area contributed by atoms with E-state index in [1.807, 2.05) is 25.4 Å². The minimum Gasteiger partial charge on any atom is -0.507 e. The third-order valence-electron chi connectivity index (χ3n) is 9.77. The fourth-order valence-electron chi connectivity index (χ4n) is 6.84. The minimum absolute atomic E-state index is 0.100. The van der Waals surface area contributed by atoms with Gasteiger partial charge in [0.05, 0.1) is 22.3 Å². The Kier molecular flexibility index (Phi) is 8.22. The number of pyridine rings is 1. The maximum Gasteiger partial charge on any atom is 0.144 e. The van der Waals surface area contributed by atoms with Crippen molar-refractivity contribution >= 4 is 11.0 Å². The summed E-state index contributed by atoms with van der Waals surface area (Å²) in [5, 5.41) is 11.8. The van der Waals surface area contributed by atoms with Crippen LogP contribution < -0.4 is 0 Å². The van der Waals surface area contributed by atoms with Gasteiger partial charge in [-0.3, -0.25) is 4.98 Å². The van der Waals surface area contributed by atoms with E-state index in [0.717, 1.165) is 67.1 Å². The second-order valence-corrected chi connectivity index (χ2v) is 15.5. The van der Waals surface area contributed by atoms with Gasteiger partial charge < -0.3 is 9.67 Å². The van der Waals surface area contributed by atoms with Crippen LogP contribution >= 0.6 is 0 Å². The molecule has 0 radical (unpaired) electrons. The predicted octanol–water partition coefficient (Wildman–Crippen LogP) is 11.9. The molecular formula is C46H45N3O. The molecule has 2 heterocycles. The lowest BCUT2D eigenvalue weighted by Gasteiger charge is -2.27. The van der Waals surface area contributed by atoms with Crippen LogP contribution in [0.4, 0.5) is 0 Å². The first kappa shape index (κ1) is 33.0. The molecule has 7 rings (SSSR count). The van der Waals surface area contributed by atoms with Crippen LogP contribution in [0.2, 0.25) is 0 Å². The summed E-state index contributed by atoms with van der Waals surface area (Å²) in [5.74, 6) is 1.03. The molecule has 5 aromatic carbocycles. The fraction of sp³-hybridized carbons (Fsp3) is 0.217. The van der Waals surface area contributed by atoms with Crippen LogP contribution in [0.3, 0.4) is 0 Å². The van der Waals surface area contributed by atoms with Crippen molar-refractivity contribution < 1.29 is 5.11 Å². The first-order chi connectivity index (χ1) is 23.8. The molecule has 250 valence electrons. The number of nitrogens with zero attached hydrogens (tertiary/aromatic N) is 3. The number of imidazole rings is 1. The van der Waals surface area contributed by atoms with Gasteiger partial charge in [-0.25, -0.2) is 4.98 Å². The van der Waals surface area contributed by atoms with Crippen molar-refractivity contribution in [2.75, 3.05) is 0 Å². The van der Waals surface area contributed by atoms with E-state index >= 15 is 0 Å². The van der Waals surface area contributed by atoms with Crippen molar-refractivity contribution in [2.45, 2.75) is 59.3 Å². The summed E-state index contributed by atoms with van der Waals surface area (Å²) in [4.78, 5) is 10.3. The average molecular weight is 656 g/mol. The van der Waals surface area contributed by atoms with Crippen molar-refractivity contribution in [2.24, 2.45) is 7.05 Å². The van der Waals surface area contributed by atoms with Crippen molar-refractivity contribution in [3.63, 3.8) is 0 Å². The van der Waals surface area contributed by atoms with Gasteiger partial charge in [0, 0.05) is 29.9 Å². The summed E-state index contributed by atoms with van der Waals surface area (Å²) in [6.45, 7) is 15.2. The molecule has 0 fully saturated rings. The normalized spacial score (nSPS) is 12.1. The molecule has 4 nitrogen and oxygen atoms in total. The molecule has 0 aliphatic heterocycles. The summed E-state index contributed by atoms with van der Waals surface area (Å²) in [5.41, 5.74) is 14.2. The van der Waals surface area contributed by atoms with E-state index in [1.165, 1.54) is 16.7 Å². The Labute approximate surface area is 296 Å². The zero-order valence-electron chi connectivity index (χ0n) is 30.3. The van der Waals surface area contributed by atoms with Crippen molar-refractivity contribution in [1.29, 1.82) is 0 Å². The number of phenolic OH excluding ortho intramolecular Hbond substituents is 1. The van der Waals surface area contributed by atoms with Crippen LogP contribution in [0.25, 0.3) is 67.1 Å². The Hall–Kier alpha value is -5.48. The standard InChI is InChI=1S/C46H45N3O/c1-29-28-47-40(27-37(29)31-18-13-10-14-19-31)34-23-32(30-16-11-9-12-17-30)22-33(24-34)36-20-15-21-41-42(36)48-44(49(41)8)38-25-35(45(2,3)4)26-39(43(38)50)46(5,6)7/h9-28,50H,1-8H3. The molecule has 4 heteroatoms. The van der Waals surface area contributed by atoms with Gasteiger partial charge in [-0.2, -0.15) is 0 Å². The summed E-state index contributed by atoms with van der Waals surface area (Å²) in [6, 6.07) is 40.6. The molecule has 0 aliphatic carbocycles. The highest BCUT2D eigenvalue weighted by Gasteiger charge is 2.27. The first-order valence-corrected chi connectivity index (χ1v) is 17.4. The molecule has 2 aromatic heterocycles. The highest BCUT2D eigenvalue weighted by Crippen LogP contribution is 2.43. The van der Waals surface area contributed by atoms with Crippen LogP contribution in [0.15, 0.2) is 121 Å². The number of phenols is 1. The minimum atomic E-state index is -0.242. The van der Waals surface area contributed by atoms with Gasteiger partial charge in [0.2, 0.25) is 0 Å². The maximum absolute atomic E-state index is 11.8. The summed E-state index contributed by atoms with van der Waals surface area (Å²) in [7, 11) is 2.04. The molecule has 0 bridgehead atoms. The third kappa shape index (κ3) is 6.11. The van der Waals surface area contributed by atoms with Gasteiger partial charge in [-0.15, -0.1) is 0 Å². The smallest absolute Gasteiger partial charge is 0.144 e. The third-order valence-corrected chi connectivity index (χ3v) is 9.77. The molecule has 1 N–H and O–H groups in total. The van der Waals surface area contributed by atoms with Crippen molar-refractivity contribution in [3.05, 3.63) is 138 Å². The second kappa shape index (κ2) is 12.4. The number of hydrogen-bond donors (Lipinski definition) is 1. The first-order valence-electron chi connectivity index (χ1n) is 17.4. The summed E-state index contributed by atoms with van der Waals surface area (Å²) >= 11 is 0. The molecule has 0 atom stereocenters. The Bertz CT molecular complexity index is 2350. The van der Waals surface area contributed by atoms with E-state index < -0.39 is 0 Å². The number of rotatable bonds is 5. The molecule has 0 aliphatic rings. The monoisotopic (exact) mass is 655 g/mol. The number of benzene rings is 5. The van der Waals surface area contributed by atoms with Crippen LogP contribution in [0.5, 0.6) is 5.75 Å². The van der Waals surface area contributed by atoms with Gasteiger partial charge in [0.25, 0.3) is 0 Å². The summed E-state index contributed by atoms with van der Waals surface area (Å²) < 4.78 is 2.11. The second-order valence-electron chi connectivity index (χ2n) is 15.5. The van der Waals surface area contributed by atoms with E-state index in [1.54, 1.807) is 0 Å². The number of aromatic hydroxyl groups is 1. The Morgan fingerprint density at radius 3 is 1.88 bits per heavy atom. The van der Waals surface area contributed by atoms with Crippen LogP contribution in [-0.4, -0.2) is 19.6 Å². The van der Waals surface area contributed by atoms with Gasteiger partial charge in [-0.05, 0) is 93.1 Å². The summed E-state index contributed by atoms with van der Waals surface area (Å²) in [6.07, 6.45) is 1.97. The molecule has 0 saturated carbocycles. The highest BCUT2D eigenvalue weighted by atomic mass is 16.3. The molecule has 50 heavy (non-hydrogen) atoms. The number of hydrogen-bond acceptors (Lipinski definition) is 3. The fourth-order valence-corrected chi connectivity index (χ4v) is 6.84. The van der Waals surface area contributed by atoms with Crippen LogP contribution in [-0.2, 0) is 17.9 Å². The van der Waals surface area contributed by atoms with Crippen molar-refractivity contribution in [1.82, 2.24) is 14.5 Å². The number of para-hydroxylation sites is 1. The number of fused-ring (bicyclic) bond motifs is 1.